The van der Waals surface area contributed by atoms with Crippen LogP contribution in [0.1, 0.15) is 13.3 Å². The molecule has 9 heteroatoms. The SMILES string of the molecule is CCC(NS(=O)(=O)c1ccc(F)cc1)C(=O)NN1CCN(C)CC1. The van der Waals surface area contributed by atoms with Crippen LogP contribution in [0, 0.1) is 5.82 Å². The maximum Gasteiger partial charge on any atom is 0.252 e. The molecule has 7 nitrogen and oxygen atoms in total. The molecule has 1 aliphatic heterocycles. The van der Waals surface area contributed by atoms with E-state index in [1.807, 2.05) is 7.05 Å². The smallest absolute Gasteiger partial charge is 0.252 e. The number of piperazine rings is 1. The molecule has 0 bridgehead atoms. The number of carbonyl (C=O) groups is 1. The van der Waals surface area contributed by atoms with E-state index in [2.05, 4.69) is 15.0 Å². The molecule has 1 fully saturated rings. The van der Waals surface area contributed by atoms with Gasteiger partial charge in [-0.1, -0.05) is 6.92 Å². The van der Waals surface area contributed by atoms with Gasteiger partial charge >= 0.3 is 0 Å². The number of hydrogen-bond donors (Lipinski definition) is 2. The number of likely N-dealkylation sites (N-methyl/N-ethyl adjacent to an activating group) is 1. The number of sulfonamides is 1. The maximum absolute atomic E-state index is 12.9. The number of amides is 1. The van der Waals surface area contributed by atoms with Crippen molar-refractivity contribution in [3.05, 3.63) is 30.1 Å². The second-order valence-electron chi connectivity index (χ2n) is 5.80. The lowest BCUT2D eigenvalue weighted by molar-refractivity contribution is -0.128. The summed E-state index contributed by atoms with van der Waals surface area (Å²) in [6, 6.07) is 3.59. The Bertz CT molecular complexity index is 658. The summed E-state index contributed by atoms with van der Waals surface area (Å²) in [5.41, 5.74) is 2.75. The van der Waals surface area contributed by atoms with E-state index in [0.29, 0.717) is 19.5 Å². The first-order valence-corrected chi connectivity index (χ1v) is 9.32. The Morgan fingerprint density at radius 2 is 1.79 bits per heavy atom. The normalized spacial score (nSPS) is 18.3. The van der Waals surface area contributed by atoms with Crippen molar-refractivity contribution in [3.8, 4) is 0 Å². The van der Waals surface area contributed by atoms with Crippen LogP contribution in [0.4, 0.5) is 4.39 Å². The summed E-state index contributed by atoms with van der Waals surface area (Å²) >= 11 is 0. The highest BCUT2D eigenvalue weighted by molar-refractivity contribution is 7.89. The number of nitrogens with zero attached hydrogens (tertiary/aromatic N) is 2. The van der Waals surface area contributed by atoms with E-state index in [0.717, 1.165) is 25.2 Å². The third kappa shape index (κ3) is 4.97. The van der Waals surface area contributed by atoms with E-state index in [1.54, 1.807) is 11.9 Å². The van der Waals surface area contributed by atoms with Gasteiger partial charge < -0.3 is 4.90 Å². The molecule has 24 heavy (non-hydrogen) atoms. The molecule has 1 aromatic carbocycles. The zero-order valence-corrected chi connectivity index (χ0v) is 14.6. The van der Waals surface area contributed by atoms with Gasteiger partial charge in [0.15, 0.2) is 0 Å². The first-order chi connectivity index (χ1) is 11.3. The lowest BCUT2D eigenvalue weighted by Crippen LogP contribution is -2.57. The highest BCUT2D eigenvalue weighted by Gasteiger charge is 2.26. The summed E-state index contributed by atoms with van der Waals surface area (Å²) in [4.78, 5) is 14.4. The molecule has 1 saturated heterocycles. The molecule has 2 N–H and O–H groups in total. The summed E-state index contributed by atoms with van der Waals surface area (Å²) in [5.74, 6) is -0.915. The van der Waals surface area contributed by atoms with Crippen molar-refractivity contribution in [2.24, 2.45) is 0 Å². The number of hydrogen-bond acceptors (Lipinski definition) is 5. The minimum absolute atomic E-state index is 0.0743. The zero-order valence-electron chi connectivity index (χ0n) is 13.8. The number of rotatable bonds is 6. The fourth-order valence-corrected chi connectivity index (χ4v) is 3.62. The molecule has 0 spiro atoms. The van der Waals surface area contributed by atoms with Crippen molar-refractivity contribution < 1.29 is 17.6 Å². The van der Waals surface area contributed by atoms with Crippen molar-refractivity contribution >= 4 is 15.9 Å². The van der Waals surface area contributed by atoms with Crippen molar-refractivity contribution in [1.29, 1.82) is 0 Å². The van der Waals surface area contributed by atoms with Crippen LogP contribution in [0.2, 0.25) is 0 Å². The second-order valence-corrected chi connectivity index (χ2v) is 7.52. The van der Waals surface area contributed by atoms with Crippen LogP contribution in [-0.2, 0) is 14.8 Å². The molecule has 1 aromatic rings. The Labute approximate surface area is 141 Å². The molecule has 0 aliphatic carbocycles. The minimum atomic E-state index is -3.89. The third-order valence-corrected chi connectivity index (χ3v) is 5.41. The summed E-state index contributed by atoms with van der Waals surface area (Å²) in [7, 11) is -1.88. The van der Waals surface area contributed by atoms with Gasteiger partial charge in [0.05, 0.1) is 4.90 Å². The lowest BCUT2D eigenvalue weighted by Gasteiger charge is -2.33. The molecule has 1 atom stereocenters. The molecule has 0 radical (unpaired) electrons. The molecule has 1 aliphatic rings. The Morgan fingerprint density at radius 3 is 2.33 bits per heavy atom. The molecule has 0 saturated carbocycles. The van der Waals surface area contributed by atoms with Gasteiger partial charge in [0.1, 0.15) is 11.9 Å². The van der Waals surface area contributed by atoms with Crippen LogP contribution in [0.25, 0.3) is 0 Å². The molecule has 1 heterocycles. The number of halogens is 1. The molecule has 134 valence electrons. The van der Waals surface area contributed by atoms with Crippen LogP contribution in [0.3, 0.4) is 0 Å². The van der Waals surface area contributed by atoms with Gasteiger partial charge in [-0.15, -0.1) is 0 Å². The van der Waals surface area contributed by atoms with E-state index in [9.17, 15) is 17.6 Å². The van der Waals surface area contributed by atoms with Gasteiger partial charge in [-0.3, -0.25) is 10.2 Å². The second kappa shape index (κ2) is 8.02. The molecular formula is C15H23FN4O3S. The molecule has 1 amide bonds. The van der Waals surface area contributed by atoms with Crippen LogP contribution in [-0.4, -0.2) is 63.5 Å². The highest BCUT2D eigenvalue weighted by Crippen LogP contribution is 2.11. The van der Waals surface area contributed by atoms with Crippen molar-refractivity contribution in [3.63, 3.8) is 0 Å². The minimum Gasteiger partial charge on any atom is -0.304 e. The highest BCUT2D eigenvalue weighted by atomic mass is 32.2. The zero-order chi connectivity index (χ0) is 17.7. The Morgan fingerprint density at radius 1 is 1.21 bits per heavy atom. The van der Waals surface area contributed by atoms with Crippen LogP contribution >= 0.6 is 0 Å². The molecule has 1 unspecified atom stereocenters. The topological polar surface area (TPSA) is 81.7 Å². The first kappa shape index (κ1) is 18.8. The Hall–Kier alpha value is -1.55. The average molecular weight is 358 g/mol. The van der Waals surface area contributed by atoms with Gasteiger partial charge in [-0.25, -0.2) is 17.8 Å². The largest absolute Gasteiger partial charge is 0.304 e. The van der Waals surface area contributed by atoms with Gasteiger partial charge in [0.2, 0.25) is 10.0 Å². The fraction of sp³-hybridized carbons (Fsp3) is 0.533. The summed E-state index contributed by atoms with van der Waals surface area (Å²) in [5, 5.41) is 1.79. The average Bonchev–Trinajstić information content (AvgIpc) is 2.55. The van der Waals surface area contributed by atoms with Crippen LogP contribution in [0.15, 0.2) is 29.2 Å². The number of hydrazine groups is 1. The van der Waals surface area contributed by atoms with E-state index in [1.165, 1.54) is 12.1 Å². The van der Waals surface area contributed by atoms with Gasteiger partial charge in [-0.2, -0.15) is 4.72 Å². The summed E-state index contributed by atoms with van der Waals surface area (Å²) in [6.07, 6.45) is 0.306. The predicted molar refractivity (Wildman–Crippen MR) is 88.0 cm³/mol. The quantitative estimate of drug-likeness (QED) is 0.757. The first-order valence-electron chi connectivity index (χ1n) is 7.83. The molecule has 2 rings (SSSR count). The van der Waals surface area contributed by atoms with Gasteiger partial charge in [-0.05, 0) is 37.7 Å². The van der Waals surface area contributed by atoms with Crippen LogP contribution < -0.4 is 10.1 Å². The van der Waals surface area contributed by atoms with Crippen molar-refractivity contribution in [2.75, 3.05) is 33.2 Å². The van der Waals surface area contributed by atoms with E-state index < -0.39 is 27.8 Å². The predicted octanol–water partition coefficient (Wildman–Crippen LogP) is 0.161. The standard InChI is InChI=1S/C15H23FN4O3S/c1-3-14(15(21)17-20-10-8-19(2)9-11-20)18-24(22,23)13-6-4-12(16)5-7-13/h4-7,14,18H,3,8-11H2,1-2H3,(H,17,21). The Balaban J connectivity index is 1.99. The number of benzene rings is 1. The van der Waals surface area contributed by atoms with E-state index >= 15 is 0 Å². The lowest BCUT2D eigenvalue weighted by atomic mass is 10.2. The Kier molecular flexibility index (Phi) is 6.27. The molecular weight excluding hydrogens is 335 g/mol. The number of carbonyl (C=O) groups excluding carboxylic acids is 1. The monoisotopic (exact) mass is 358 g/mol. The fourth-order valence-electron chi connectivity index (χ4n) is 2.34. The van der Waals surface area contributed by atoms with Crippen molar-refractivity contribution in [1.82, 2.24) is 20.1 Å². The third-order valence-electron chi connectivity index (χ3n) is 3.92. The number of nitrogens with one attached hydrogen (secondary N) is 2. The van der Waals surface area contributed by atoms with E-state index in [4.69, 9.17) is 0 Å². The molecule has 0 aromatic heterocycles. The van der Waals surface area contributed by atoms with E-state index in [-0.39, 0.29) is 4.90 Å². The summed E-state index contributed by atoms with van der Waals surface area (Å²) in [6.45, 7) is 4.75. The van der Waals surface area contributed by atoms with Gasteiger partial charge in [0.25, 0.3) is 5.91 Å². The summed E-state index contributed by atoms with van der Waals surface area (Å²) < 4.78 is 39.9. The van der Waals surface area contributed by atoms with Gasteiger partial charge in [0, 0.05) is 26.2 Å². The van der Waals surface area contributed by atoms with Crippen LogP contribution in [0.5, 0.6) is 0 Å². The van der Waals surface area contributed by atoms with Crippen molar-refractivity contribution in [2.45, 2.75) is 24.3 Å². The maximum atomic E-state index is 12.9.